The van der Waals surface area contributed by atoms with Crippen LogP contribution in [0.1, 0.15) is 74.6 Å². The fourth-order valence-corrected chi connectivity index (χ4v) is 6.19. The molecule has 4 unspecified atom stereocenters. The second-order valence-corrected chi connectivity index (χ2v) is 9.29. The fraction of sp³-hybridized carbons (Fsp3) is 0.600. The molecule has 2 saturated carbocycles. The van der Waals surface area contributed by atoms with Gasteiger partial charge in [0.2, 0.25) is 0 Å². The van der Waals surface area contributed by atoms with Crippen LogP contribution in [0, 0.1) is 22.7 Å². The van der Waals surface area contributed by atoms with Gasteiger partial charge in [0.05, 0.1) is 11.4 Å². The van der Waals surface area contributed by atoms with Gasteiger partial charge in [0.1, 0.15) is 0 Å². The van der Waals surface area contributed by atoms with E-state index >= 15 is 0 Å². The average molecular weight is 324 g/mol. The van der Waals surface area contributed by atoms with E-state index in [1.54, 1.807) is 0 Å². The molecule has 0 saturated heterocycles. The summed E-state index contributed by atoms with van der Waals surface area (Å²) in [5.74, 6) is 1.58. The van der Waals surface area contributed by atoms with Crippen LogP contribution in [0.2, 0.25) is 0 Å². The number of oxime groups is 2. The second-order valence-electron chi connectivity index (χ2n) is 9.29. The molecular weight excluding hydrogens is 300 g/mol. The minimum Gasteiger partial charge on any atom is -0.411 e. The van der Waals surface area contributed by atoms with E-state index in [0.29, 0.717) is 11.8 Å². The van der Waals surface area contributed by atoms with E-state index in [0.717, 1.165) is 35.4 Å². The molecule has 1 aromatic carbocycles. The van der Waals surface area contributed by atoms with Crippen molar-refractivity contribution in [2.75, 3.05) is 0 Å². The van der Waals surface area contributed by atoms with Crippen molar-refractivity contribution in [1.82, 2.24) is 0 Å². The summed E-state index contributed by atoms with van der Waals surface area (Å²) in [5.41, 5.74) is 6.54. The van der Waals surface area contributed by atoms with Gasteiger partial charge in [0, 0.05) is 23.0 Å². The smallest absolute Gasteiger partial charge is 0.0914 e. The van der Waals surface area contributed by atoms with Crippen molar-refractivity contribution in [3.63, 3.8) is 0 Å². The van der Waals surface area contributed by atoms with Crippen LogP contribution in [0.5, 0.6) is 0 Å². The van der Waals surface area contributed by atoms with Crippen LogP contribution in [0.25, 0.3) is 0 Å². The Morgan fingerprint density at radius 3 is 1.42 bits per heavy atom. The Morgan fingerprint density at radius 1 is 0.750 bits per heavy atom. The van der Waals surface area contributed by atoms with Crippen molar-refractivity contribution < 1.29 is 10.4 Å². The quantitative estimate of drug-likeness (QED) is 0.551. The maximum Gasteiger partial charge on any atom is 0.0914 e. The van der Waals surface area contributed by atoms with Gasteiger partial charge >= 0.3 is 0 Å². The van der Waals surface area contributed by atoms with E-state index < -0.39 is 0 Å². The maximum atomic E-state index is 9.79. The van der Waals surface area contributed by atoms with Gasteiger partial charge in [-0.3, -0.25) is 0 Å². The van der Waals surface area contributed by atoms with E-state index in [1.165, 1.54) is 11.1 Å². The number of benzene rings is 1. The summed E-state index contributed by atoms with van der Waals surface area (Å²) in [7, 11) is 0. The summed E-state index contributed by atoms with van der Waals surface area (Å²) in [6.45, 7) is 9.06. The standard InChI is InChI=1S/C20H24N2O2/c1-19(2)11-7-13(19)17(21-23)15-9(11)5-6-10-12-8-14(20(12,3)4)18(22-24)16(10)15/h5-6,11-14,23-24H,7-8H2,1-4H3/b21-17-,22-18+. The molecule has 0 amide bonds. The van der Waals surface area contributed by atoms with Crippen LogP contribution in [0.15, 0.2) is 22.4 Å². The second kappa shape index (κ2) is 4.04. The fourth-order valence-electron chi connectivity index (χ4n) is 6.19. The summed E-state index contributed by atoms with van der Waals surface area (Å²) in [5, 5.41) is 27.1. The molecule has 2 fully saturated rings. The number of rotatable bonds is 0. The molecule has 4 nitrogen and oxygen atoms in total. The number of hydrogen-bond donors (Lipinski definition) is 2. The predicted molar refractivity (Wildman–Crippen MR) is 92.3 cm³/mol. The van der Waals surface area contributed by atoms with E-state index in [4.69, 9.17) is 0 Å². The van der Waals surface area contributed by atoms with Crippen molar-refractivity contribution in [3.05, 3.63) is 34.4 Å². The molecule has 2 N–H and O–H groups in total. The summed E-state index contributed by atoms with van der Waals surface area (Å²) >= 11 is 0. The molecule has 1 aromatic rings. The highest BCUT2D eigenvalue weighted by atomic mass is 16.4. The largest absolute Gasteiger partial charge is 0.411 e. The lowest BCUT2D eigenvalue weighted by Gasteiger charge is -2.60. The Morgan fingerprint density at radius 2 is 1.12 bits per heavy atom. The van der Waals surface area contributed by atoms with Gasteiger partial charge in [-0.05, 0) is 46.6 Å². The summed E-state index contributed by atoms with van der Waals surface area (Å²) in [6, 6.07) is 4.48. The summed E-state index contributed by atoms with van der Waals surface area (Å²) in [4.78, 5) is 0. The highest BCUT2D eigenvalue weighted by molar-refractivity contribution is 6.18. The minimum absolute atomic E-state index is 0.135. The van der Waals surface area contributed by atoms with Gasteiger partial charge in [-0.1, -0.05) is 50.1 Å². The number of nitrogens with zero attached hydrogens (tertiary/aromatic N) is 2. The molecule has 7 rings (SSSR count). The lowest BCUT2D eigenvalue weighted by Crippen LogP contribution is -2.56. The first-order chi connectivity index (χ1) is 11.3. The Bertz CT molecular complexity index is 765. The first kappa shape index (κ1) is 14.5. The molecule has 0 aliphatic heterocycles. The summed E-state index contributed by atoms with van der Waals surface area (Å²) in [6.07, 6.45) is 2.12. The third-order valence-corrected chi connectivity index (χ3v) is 7.94. The Balaban J connectivity index is 1.82. The van der Waals surface area contributed by atoms with Crippen LogP contribution in [-0.4, -0.2) is 21.8 Å². The molecule has 4 atom stereocenters. The van der Waals surface area contributed by atoms with Crippen molar-refractivity contribution in [2.45, 2.75) is 52.4 Å². The van der Waals surface area contributed by atoms with Gasteiger partial charge in [0.25, 0.3) is 0 Å². The zero-order chi connectivity index (χ0) is 17.0. The lowest BCUT2D eigenvalue weighted by atomic mass is 9.43. The maximum absolute atomic E-state index is 9.79. The molecule has 4 bridgehead atoms. The predicted octanol–water partition coefficient (Wildman–Crippen LogP) is 4.33. The van der Waals surface area contributed by atoms with Gasteiger partial charge < -0.3 is 10.4 Å². The normalized spacial score (nSPS) is 39.7. The molecule has 0 spiro atoms. The van der Waals surface area contributed by atoms with Crippen LogP contribution in [-0.2, 0) is 0 Å². The van der Waals surface area contributed by atoms with Gasteiger partial charge in [0.15, 0.2) is 0 Å². The zero-order valence-electron chi connectivity index (χ0n) is 14.7. The van der Waals surface area contributed by atoms with Crippen LogP contribution in [0.4, 0.5) is 0 Å². The zero-order valence-corrected chi connectivity index (χ0v) is 14.7. The monoisotopic (exact) mass is 324 g/mol. The van der Waals surface area contributed by atoms with E-state index in [-0.39, 0.29) is 22.7 Å². The Hall–Kier alpha value is -1.84. The van der Waals surface area contributed by atoms with E-state index in [9.17, 15) is 10.4 Å². The van der Waals surface area contributed by atoms with E-state index in [1.807, 2.05) is 0 Å². The van der Waals surface area contributed by atoms with Crippen molar-refractivity contribution in [3.8, 4) is 0 Å². The molecule has 0 aromatic heterocycles. The molecule has 24 heavy (non-hydrogen) atoms. The highest BCUT2D eigenvalue weighted by Crippen LogP contribution is 2.67. The molecule has 4 heteroatoms. The number of hydrogen-bond acceptors (Lipinski definition) is 4. The SMILES string of the molecule is CC1(C)C2CC1c1ccc3c(c1/C2=N\O)/C(=N/O)C1CC3C1(C)C. The molecular formula is C20H24N2O2. The van der Waals surface area contributed by atoms with Gasteiger partial charge in [-0.25, -0.2) is 0 Å². The van der Waals surface area contributed by atoms with Crippen LogP contribution < -0.4 is 0 Å². The lowest BCUT2D eigenvalue weighted by molar-refractivity contribution is 0.0692. The van der Waals surface area contributed by atoms with Crippen molar-refractivity contribution >= 4 is 11.4 Å². The molecule has 0 heterocycles. The highest BCUT2D eigenvalue weighted by Gasteiger charge is 2.61. The van der Waals surface area contributed by atoms with Gasteiger partial charge in [-0.15, -0.1) is 0 Å². The topological polar surface area (TPSA) is 65.2 Å². The Kier molecular flexibility index (Phi) is 2.44. The van der Waals surface area contributed by atoms with E-state index in [2.05, 4.69) is 50.1 Å². The Labute approximate surface area is 142 Å². The third-order valence-electron chi connectivity index (χ3n) is 7.94. The van der Waals surface area contributed by atoms with Crippen molar-refractivity contribution in [1.29, 1.82) is 0 Å². The minimum atomic E-state index is 0.135. The van der Waals surface area contributed by atoms with Gasteiger partial charge in [-0.2, -0.15) is 0 Å². The molecule has 0 radical (unpaired) electrons. The summed E-state index contributed by atoms with van der Waals surface area (Å²) < 4.78 is 0. The molecule has 126 valence electrons. The molecule has 6 aliphatic carbocycles. The van der Waals surface area contributed by atoms with Crippen LogP contribution >= 0.6 is 0 Å². The molecule has 6 aliphatic rings. The first-order valence-corrected chi connectivity index (χ1v) is 8.95. The van der Waals surface area contributed by atoms with Crippen LogP contribution in [0.3, 0.4) is 0 Å². The third kappa shape index (κ3) is 1.31. The first-order valence-electron chi connectivity index (χ1n) is 8.95. The average Bonchev–Trinajstić information content (AvgIpc) is 2.58. The van der Waals surface area contributed by atoms with Crippen molar-refractivity contribution in [2.24, 2.45) is 33.0 Å².